The van der Waals surface area contributed by atoms with Gasteiger partial charge in [0.05, 0.1) is 10.0 Å². The molecule has 190 valence electrons. The largest absolute Gasteiger partial charge is 0.484 e. The number of hydrogen-bond donors (Lipinski definition) is 1. The lowest BCUT2D eigenvalue weighted by atomic mass is 10.0. The van der Waals surface area contributed by atoms with E-state index in [1.807, 2.05) is 61.5 Å². The second-order valence-corrected chi connectivity index (χ2v) is 9.70. The normalized spacial score (nSPS) is 11.7. The molecular formula is C29H32Cl2N2O3. The molecular weight excluding hydrogens is 495 g/mol. The summed E-state index contributed by atoms with van der Waals surface area (Å²) in [4.78, 5) is 28.3. The van der Waals surface area contributed by atoms with Crippen LogP contribution in [0.5, 0.6) is 5.75 Å². The Morgan fingerprint density at radius 2 is 1.61 bits per heavy atom. The number of likely N-dealkylation sites (N-methyl/N-ethyl adjacent to an activating group) is 1. The molecule has 36 heavy (non-hydrogen) atoms. The number of nitrogens with zero attached hydrogens (tertiary/aromatic N) is 1. The summed E-state index contributed by atoms with van der Waals surface area (Å²) in [6.45, 7) is 6.53. The van der Waals surface area contributed by atoms with Crippen LogP contribution < -0.4 is 10.1 Å². The first-order valence-electron chi connectivity index (χ1n) is 12.1. The van der Waals surface area contributed by atoms with Crippen molar-refractivity contribution in [2.75, 3.05) is 13.2 Å². The molecule has 1 N–H and O–H groups in total. The van der Waals surface area contributed by atoms with E-state index in [4.69, 9.17) is 27.9 Å². The van der Waals surface area contributed by atoms with E-state index in [-0.39, 0.29) is 25.0 Å². The first-order chi connectivity index (χ1) is 17.3. The fourth-order valence-electron chi connectivity index (χ4n) is 3.86. The molecule has 0 aliphatic carbocycles. The maximum Gasteiger partial charge on any atom is 0.261 e. The molecule has 3 aromatic carbocycles. The zero-order valence-corrected chi connectivity index (χ0v) is 22.4. The van der Waals surface area contributed by atoms with Crippen LogP contribution >= 0.6 is 23.2 Å². The average Bonchev–Trinajstić information content (AvgIpc) is 2.87. The number of carbonyl (C=O) groups is 2. The van der Waals surface area contributed by atoms with Crippen LogP contribution in [0.2, 0.25) is 10.0 Å². The Morgan fingerprint density at radius 3 is 2.22 bits per heavy atom. The summed E-state index contributed by atoms with van der Waals surface area (Å²) < 4.78 is 5.83. The third-order valence-electron chi connectivity index (χ3n) is 5.87. The third kappa shape index (κ3) is 7.74. The van der Waals surface area contributed by atoms with Gasteiger partial charge in [0, 0.05) is 19.5 Å². The molecule has 0 fully saturated rings. The van der Waals surface area contributed by atoms with Crippen LogP contribution in [0.1, 0.15) is 43.4 Å². The van der Waals surface area contributed by atoms with Crippen molar-refractivity contribution < 1.29 is 14.3 Å². The molecule has 0 saturated carbocycles. The van der Waals surface area contributed by atoms with Crippen molar-refractivity contribution in [3.63, 3.8) is 0 Å². The fourth-order valence-corrected chi connectivity index (χ4v) is 4.18. The summed E-state index contributed by atoms with van der Waals surface area (Å²) in [5.41, 5.74) is 2.90. The highest BCUT2D eigenvalue weighted by Gasteiger charge is 2.30. The average molecular weight is 527 g/mol. The Hall–Kier alpha value is -3.02. The molecule has 0 aliphatic rings. The molecule has 0 heterocycles. The van der Waals surface area contributed by atoms with Gasteiger partial charge in [0.1, 0.15) is 11.8 Å². The van der Waals surface area contributed by atoms with E-state index in [0.29, 0.717) is 34.7 Å². The summed E-state index contributed by atoms with van der Waals surface area (Å²) in [5.74, 6) is 0.468. The second kappa shape index (κ2) is 13.3. The Morgan fingerprint density at radius 1 is 0.917 bits per heavy atom. The molecule has 7 heteroatoms. The van der Waals surface area contributed by atoms with Crippen LogP contribution in [-0.4, -0.2) is 35.9 Å². The number of benzene rings is 3. The monoisotopic (exact) mass is 526 g/mol. The predicted molar refractivity (Wildman–Crippen MR) is 146 cm³/mol. The number of nitrogens with one attached hydrogen (secondary N) is 1. The van der Waals surface area contributed by atoms with Gasteiger partial charge in [-0.05, 0) is 53.8 Å². The Labute approximate surface area is 223 Å². The minimum Gasteiger partial charge on any atom is -0.484 e. The lowest BCUT2D eigenvalue weighted by Gasteiger charge is -2.31. The first-order valence-corrected chi connectivity index (χ1v) is 12.8. The molecule has 0 aromatic heterocycles. The van der Waals surface area contributed by atoms with E-state index in [1.165, 1.54) is 5.56 Å². The van der Waals surface area contributed by atoms with Crippen molar-refractivity contribution in [3.05, 3.63) is 99.5 Å². The van der Waals surface area contributed by atoms with Crippen molar-refractivity contribution in [1.82, 2.24) is 10.2 Å². The molecule has 0 radical (unpaired) electrons. The molecule has 5 nitrogen and oxygen atoms in total. The Kier molecular flexibility index (Phi) is 10.2. The van der Waals surface area contributed by atoms with Gasteiger partial charge in [-0.25, -0.2) is 0 Å². The van der Waals surface area contributed by atoms with Crippen LogP contribution in [0.15, 0.2) is 72.8 Å². The number of hydrogen-bond acceptors (Lipinski definition) is 3. The SMILES string of the molecule is CCNC(=O)[C@H](Cc1ccccc1)N(Cc1ccc(Cl)c(Cl)c1)C(=O)COc1ccc(C(C)C)cc1. The number of carbonyl (C=O) groups excluding carboxylic acids is 2. The minimum absolute atomic E-state index is 0.181. The first kappa shape index (κ1) is 27.6. The summed E-state index contributed by atoms with van der Waals surface area (Å²) in [6.07, 6.45) is 0.364. The van der Waals surface area contributed by atoms with Crippen LogP contribution in [0.25, 0.3) is 0 Å². The standard InChI is InChI=1S/C29H32Cl2N2O3/c1-4-32-29(35)27(17-21-8-6-5-7-9-21)33(18-22-10-15-25(30)26(31)16-22)28(34)19-36-24-13-11-23(12-14-24)20(2)3/h5-16,20,27H,4,17-19H2,1-3H3,(H,32,35)/t27-/m0/s1. The van der Waals surface area contributed by atoms with Gasteiger partial charge in [-0.2, -0.15) is 0 Å². The number of rotatable bonds is 11. The van der Waals surface area contributed by atoms with E-state index >= 15 is 0 Å². The topological polar surface area (TPSA) is 58.6 Å². The van der Waals surface area contributed by atoms with Crippen molar-refractivity contribution >= 4 is 35.0 Å². The zero-order valence-electron chi connectivity index (χ0n) is 20.8. The fraction of sp³-hybridized carbons (Fsp3) is 0.310. The van der Waals surface area contributed by atoms with Gasteiger partial charge >= 0.3 is 0 Å². The summed E-state index contributed by atoms with van der Waals surface area (Å²) >= 11 is 12.3. The van der Waals surface area contributed by atoms with Crippen LogP contribution in [-0.2, 0) is 22.6 Å². The van der Waals surface area contributed by atoms with Crippen LogP contribution in [0, 0.1) is 0 Å². The molecule has 1 atom stereocenters. The van der Waals surface area contributed by atoms with E-state index in [9.17, 15) is 9.59 Å². The maximum absolute atomic E-state index is 13.6. The second-order valence-electron chi connectivity index (χ2n) is 8.88. The summed E-state index contributed by atoms with van der Waals surface area (Å²) in [7, 11) is 0. The maximum atomic E-state index is 13.6. The van der Waals surface area contributed by atoms with Crippen molar-refractivity contribution in [2.24, 2.45) is 0 Å². The van der Waals surface area contributed by atoms with Gasteiger partial charge in [-0.15, -0.1) is 0 Å². The highest BCUT2D eigenvalue weighted by molar-refractivity contribution is 6.42. The lowest BCUT2D eigenvalue weighted by Crippen LogP contribution is -2.51. The predicted octanol–water partition coefficient (Wildman–Crippen LogP) is 6.27. The molecule has 3 aromatic rings. The molecule has 2 amide bonds. The number of ether oxygens (including phenoxy) is 1. The third-order valence-corrected chi connectivity index (χ3v) is 6.61. The van der Waals surface area contributed by atoms with E-state index in [2.05, 4.69) is 19.2 Å². The zero-order chi connectivity index (χ0) is 26.1. The van der Waals surface area contributed by atoms with E-state index < -0.39 is 6.04 Å². The molecule has 0 spiro atoms. The number of halogens is 2. The van der Waals surface area contributed by atoms with E-state index in [0.717, 1.165) is 11.1 Å². The molecule has 0 aliphatic heterocycles. The highest BCUT2D eigenvalue weighted by atomic mass is 35.5. The molecule has 3 rings (SSSR count). The van der Waals surface area contributed by atoms with Gasteiger partial charge in [0.25, 0.3) is 5.91 Å². The van der Waals surface area contributed by atoms with Crippen molar-refractivity contribution in [3.8, 4) is 5.75 Å². The lowest BCUT2D eigenvalue weighted by molar-refractivity contribution is -0.142. The summed E-state index contributed by atoms with van der Waals surface area (Å²) in [6, 6.07) is 21.8. The Bertz CT molecular complexity index is 1150. The summed E-state index contributed by atoms with van der Waals surface area (Å²) in [5, 5.41) is 3.69. The smallest absolute Gasteiger partial charge is 0.261 e. The van der Waals surface area contributed by atoms with E-state index in [1.54, 1.807) is 23.1 Å². The molecule has 0 bridgehead atoms. The quantitative estimate of drug-likeness (QED) is 0.320. The van der Waals surface area contributed by atoms with Crippen molar-refractivity contribution in [1.29, 1.82) is 0 Å². The van der Waals surface area contributed by atoms with Gasteiger partial charge < -0.3 is 15.0 Å². The highest BCUT2D eigenvalue weighted by Crippen LogP contribution is 2.25. The van der Waals surface area contributed by atoms with Gasteiger partial charge in [-0.1, -0.05) is 85.6 Å². The Balaban J connectivity index is 1.88. The minimum atomic E-state index is -0.735. The van der Waals surface area contributed by atoms with Gasteiger partial charge in [0.2, 0.25) is 5.91 Å². The van der Waals surface area contributed by atoms with Crippen LogP contribution in [0.3, 0.4) is 0 Å². The van der Waals surface area contributed by atoms with Gasteiger partial charge in [-0.3, -0.25) is 9.59 Å². The molecule has 0 unspecified atom stereocenters. The van der Waals surface area contributed by atoms with Crippen LogP contribution in [0.4, 0.5) is 0 Å². The van der Waals surface area contributed by atoms with Gasteiger partial charge in [0.15, 0.2) is 6.61 Å². The number of amides is 2. The molecule has 0 saturated heterocycles. The van der Waals surface area contributed by atoms with Crippen molar-refractivity contribution in [2.45, 2.75) is 45.7 Å².